The minimum atomic E-state index is -0.847. The summed E-state index contributed by atoms with van der Waals surface area (Å²) < 4.78 is 0. The third kappa shape index (κ3) is 25.8. The van der Waals surface area contributed by atoms with Crippen LogP contribution in [0.25, 0.3) is 0 Å². The Morgan fingerprint density at radius 1 is 0.974 bits per heavy atom. The highest BCUT2D eigenvalue weighted by atomic mass is 16.4. The van der Waals surface area contributed by atoms with Crippen LogP contribution in [0, 0.1) is 5.92 Å². The molecular weight excluding hydrogens is 490 g/mol. The highest BCUT2D eigenvalue weighted by Gasteiger charge is 2.20. The van der Waals surface area contributed by atoms with E-state index in [0.29, 0.717) is 18.4 Å². The first-order chi connectivity index (χ1) is 17.5. The van der Waals surface area contributed by atoms with Crippen LogP contribution in [0.4, 0.5) is 0 Å². The molecule has 0 aliphatic rings. The molecule has 0 heterocycles. The molecule has 10 heteroatoms. The predicted octanol–water partition coefficient (Wildman–Crippen LogP) is 3.92. The normalized spacial score (nSPS) is 14.1. The molecule has 0 aromatic carbocycles. The van der Waals surface area contributed by atoms with Crippen LogP contribution in [-0.2, 0) is 19.2 Å². The molecule has 2 amide bonds. The molecule has 0 fully saturated rings. The van der Waals surface area contributed by atoms with Crippen LogP contribution in [0.3, 0.4) is 0 Å². The van der Waals surface area contributed by atoms with E-state index >= 15 is 0 Å². The molecule has 7 N–H and O–H groups in total. The first-order valence-corrected chi connectivity index (χ1v) is 12.6. The van der Waals surface area contributed by atoms with Gasteiger partial charge in [-0.15, -0.1) is 0 Å². The fourth-order valence-electron chi connectivity index (χ4n) is 2.34. The van der Waals surface area contributed by atoms with Gasteiger partial charge >= 0.3 is 5.97 Å². The van der Waals surface area contributed by atoms with Crippen molar-refractivity contribution in [1.29, 1.82) is 0 Å². The number of primary amides is 1. The molecule has 10 nitrogen and oxygen atoms in total. The van der Waals surface area contributed by atoms with Crippen molar-refractivity contribution in [3.8, 4) is 0 Å². The molecule has 220 valence electrons. The second kappa shape index (κ2) is 25.4. The average Bonchev–Trinajstić information content (AvgIpc) is 2.84. The Balaban J connectivity index is -0.000000253. The molecule has 4 atom stereocenters. The standard InChI is InChI=1S/C15H22O2.C9H19N3O3.C2H4O2.C2H6/c1-6-11(3)8-9-12(4)13(5)10-14(7-2)15(16)17;1-4-7(12-6(3)13)9(15)11-5(2)8(10)14;1-2(3)4;1-2/h6-9,13H,4,10H2,1-3,5H3,(H,16,17);5-7,12-13H,4H2,1-3H3,(H2,10,14)(H,11,15);1H3,(H,3,4);1-2H3/b9-8-,11-6-,14-7+;;;/t;5-,6?,7?;;/m.0../s1. The number of carboxylic acids is 2. The van der Waals surface area contributed by atoms with Crippen molar-refractivity contribution in [2.75, 3.05) is 0 Å². The van der Waals surface area contributed by atoms with Gasteiger partial charge in [-0.25, -0.2) is 4.79 Å². The third-order valence-corrected chi connectivity index (χ3v) is 4.75. The molecule has 0 spiro atoms. The minimum Gasteiger partial charge on any atom is -0.481 e. The van der Waals surface area contributed by atoms with Crippen LogP contribution in [0.1, 0.15) is 82.1 Å². The Hall–Kier alpha value is -3.24. The van der Waals surface area contributed by atoms with Crippen molar-refractivity contribution in [2.24, 2.45) is 11.7 Å². The lowest BCUT2D eigenvalue weighted by Gasteiger charge is -2.20. The lowest BCUT2D eigenvalue weighted by molar-refractivity contribution is -0.134. The fraction of sp³-hybridized carbons (Fsp3) is 0.571. The summed E-state index contributed by atoms with van der Waals surface area (Å²) >= 11 is 0. The fourth-order valence-corrected chi connectivity index (χ4v) is 2.34. The van der Waals surface area contributed by atoms with Gasteiger partial charge in [0.2, 0.25) is 11.8 Å². The van der Waals surface area contributed by atoms with E-state index in [4.69, 9.17) is 25.8 Å². The number of aliphatic hydroxyl groups excluding tert-OH is 1. The third-order valence-electron chi connectivity index (χ3n) is 4.75. The topological polar surface area (TPSA) is 179 Å². The molecule has 0 aromatic heterocycles. The van der Waals surface area contributed by atoms with Gasteiger partial charge in [0.05, 0.1) is 6.04 Å². The van der Waals surface area contributed by atoms with Gasteiger partial charge in [0.25, 0.3) is 5.97 Å². The second-order valence-electron chi connectivity index (χ2n) is 8.12. The number of nitrogens with one attached hydrogen (secondary N) is 2. The van der Waals surface area contributed by atoms with Crippen LogP contribution in [0.15, 0.2) is 47.6 Å². The molecule has 0 bridgehead atoms. The van der Waals surface area contributed by atoms with Crippen LogP contribution in [0.5, 0.6) is 0 Å². The Kier molecular flexibility index (Phi) is 28.0. The number of aliphatic carboxylic acids is 2. The summed E-state index contributed by atoms with van der Waals surface area (Å²) in [6.45, 7) is 21.6. The number of rotatable bonds is 12. The maximum Gasteiger partial charge on any atom is 0.331 e. The summed E-state index contributed by atoms with van der Waals surface area (Å²) in [5, 5.41) is 30.5. The lowest BCUT2D eigenvalue weighted by Crippen LogP contribution is -2.52. The lowest BCUT2D eigenvalue weighted by atomic mass is 9.93. The van der Waals surface area contributed by atoms with Crippen LogP contribution >= 0.6 is 0 Å². The molecule has 0 aliphatic heterocycles. The summed E-state index contributed by atoms with van der Waals surface area (Å²) in [5.74, 6) is -2.47. The van der Waals surface area contributed by atoms with Crippen LogP contribution in [0.2, 0.25) is 0 Å². The number of aliphatic hydroxyl groups is 1. The number of hydrogen-bond acceptors (Lipinski definition) is 6. The number of hydrogen-bond donors (Lipinski definition) is 6. The first-order valence-electron chi connectivity index (χ1n) is 12.6. The predicted molar refractivity (Wildman–Crippen MR) is 153 cm³/mol. The Bertz CT molecular complexity index is 811. The van der Waals surface area contributed by atoms with Gasteiger partial charge < -0.3 is 26.4 Å². The summed E-state index contributed by atoms with van der Waals surface area (Å²) in [6, 6.07) is -1.23. The summed E-state index contributed by atoms with van der Waals surface area (Å²) in [4.78, 5) is 42.1. The zero-order valence-corrected chi connectivity index (χ0v) is 24.8. The van der Waals surface area contributed by atoms with E-state index in [1.165, 1.54) is 19.4 Å². The van der Waals surface area contributed by atoms with E-state index in [0.717, 1.165) is 12.5 Å². The Morgan fingerprint density at radius 2 is 1.45 bits per heavy atom. The molecule has 38 heavy (non-hydrogen) atoms. The van der Waals surface area contributed by atoms with Gasteiger partial charge in [-0.2, -0.15) is 0 Å². The summed E-state index contributed by atoms with van der Waals surface area (Å²) in [5.41, 5.74) is 7.56. The van der Waals surface area contributed by atoms with E-state index in [2.05, 4.69) is 17.2 Å². The van der Waals surface area contributed by atoms with Gasteiger partial charge in [-0.1, -0.05) is 69.7 Å². The van der Waals surface area contributed by atoms with Crippen molar-refractivity contribution >= 4 is 23.8 Å². The summed E-state index contributed by atoms with van der Waals surface area (Å²) in [7, 11) is 0. The number of allylic oxidation sites excluding steroid dienone is 6. The van der Waals surface area contributed by atoms with E-state index in [-0.39, 0.29) is 11.8 Å². The molecule has 0 aliphatic carbocycles. The maximum absolute atomic E-state index is 11.5. The van der Waals surface area contributed by atoms with Crippen molar-refractivity contribution in [3.63, 3.8) is 0 Å². The van der Waals surface area contributed by atoms with Gasteiger partial charge in [0.1, 0.15) is 12.3 Å². The second-order valence-corrected chi connectivity index (χ2v) is 8.12. The van der Waals surface area contributed by atoms with Gasteiger partial charge in [0.15, 0.2) is 0 Å². The largest absolute Gasteiger partial charge is 0.481 e. The Labute approximate surface area is 228 Å². The quantitative estimate of drug-likeness (QED) is 0.122. The van der Waals surface area contributed by atoms with Gasteiger partial charge in [-0.3, -0.25) is 19.7 Å². The van der Waals surface area contributed by atoms with Crippen LogP contribution < -0.4 is 16.4 Å². The molecule has 0 radical (unpaired) electrons. The van der Waals surface area contributed by atoms with Crippen molar-refractivity contribution in [2.45, 2.75) is 100 Å². The number of nitrogens with two attached hydrogens (primary N) is 1. The Morgan fingerprint density at radius 3 is 1.76 bits per heavy atom. The van der Waals surface area contributed by atoms with E-state index in [1.54, 1.807) is 19.9 Å². The molecule has 0 aromatic rings. The monoisotopic (exact) mass is 541 g/mol. The minimum absolute atomic E-state index is 0.137. The van der Waals surface area contributed by atoms with Gasteiger partial charge in [-0.05, 0) is 53.4 Å². The van der Waals surface area contributed by atoms with E-state index in [1.807, 2.05) is 52.8 Å². The number of carboxylic acid groups (broad SMARTS) is 2. The van der Waals surface area contributed by atoms with E-state index < -0.39 is 36.2 Å². The maximum atomic E-state index is 11.5. The number of carbonyl (C=O) groups excluding carboxylic acids is 2. The van der Waals surface area contributed by atoms with Crippen LogP contribution in [-0.4, -0.2) is 57.4 Å². The molecular formula is C28H51N3O7. The van der Waals surface area contributed by atoms with Gasteiger partial charge in [0, 0.05) is 12.5 Å². The van der Waals surface area contributed by atoms with Crippen molar-refractivity contribution in [1.82, 2.24) is 10.6 Å². The molecule has 0 saturated heterocycles. The number of carbonyl (C=O) groups is 4. The van der Waals surface area contributed by atoms with E-state index in [9.17, 15) is 14.4 Å². The summed E-state index contributed by atoms with van der Waals surface area (Å²) in [6.07, 6.45) is 7.87. The molecule has 0 rings (SSSR count). The highest BCUT2D eigenvalue weighted by molar-refractivity contribution is 5.88. The molecule has 0 saturated carbocycles. The van der Waals surface area contributed by atoms with Crippen molar-refractivity contribution in [3.05, 3.63) is 47.6 Å². The zero-order valence-electron chi connectivity index (χ0n) is 24.8. The smallest absolute Gasteiger partial charge is 0.331 e. The zero-order chi connectivity index (χ0) is 31.0. The first kappa shape index (κ1) is 41.9. The molecule has 3 unspecified atom stereocenters. The van der Waals surface area contributed by atoms with Crippen molar-refractivity contribution < 1.29 is 34.5 Å². The average molecular weight is 542 g/mol. The highest BCUT2D eigenvalue weighted by Crippen LogP contribution is 2.20. The number of amides is 2. The SMILES string of the molecule is C=C(/C=C\C(C)=C/C)C(C)C/C(=C\C)C(=O)O.CC.CC(=O)O.CCC(NC(C)O)C(=O)N[C@@H](C)C(N)=O.